The van der Waals surface area contributed by atoms with Gasteiger partial charge in [0.15, 0.2) is 0 Å². The lowest BCUT2D eigenvalue weighted by molar-refractivity contribution is -0.151. The third-order valence-electron chi connectivity index (χ3n) is 10.8. The maximum absolute atomic E-state index is 11.9. The molecule has 0 aromatic heterocycles. The van der Waals surface area contributed by atoms with Crippen LogP contribution in [0.5, 0.6) is 0 Å². The van der Waals surface area contributed by atoms with Gasteiger partial charge in [0, 0.05) is 12.8 Å². The van der Waals surface area contributed by atoms with Crippen molar-refractivity contribution in [2.24, 2.45) is 46.3 Å². The van der Waals surface area contributed by atoms with Crippen molar-refractivity contribution < 1.29 is 9.53 Å². The summed E-state index contributed by atoms with van der Waals surface area (Å²) >= 11 is 0. The number of fused-ring (bicyclic) bond motifs is 5. The van der Waals surface area contributed by atoms with Gasteiger partial charge >= 0.3 is 5.97 Å². The fourth-order valence-corrected chi connectivity index (χ4v) is 9.02. The van der Waals surface area contributed by atoms with Gasteiger partial charge in [0.25, 0.3) is 0 Å². The standard InChI is InChI=1S/C30H50O2/c1-7-28(31)32-23-15-17-29(5)22(19-23)11-12-24-26-14-13-25(21(4)10-8-9-20(2)3)30(26,6)18-16-27(24)29/h11,20-21,23-27H,7-10,12-19H2,1-6H3/t21-,23+,24-,25?,26+,27?,29?,30?/m1/s1. The van der Waals surface area contributed by atoms with Crippen LogP contribution in [0.3, 0.4) is 0 Å². The molecule has 0 amide bonds. The molecule has 3 fully saturated rings. The molecule has 4 aliphatic rings. The molecule has 0 aromatic rings. The van der Waals surface area contributed by atoms with E-state index in [1.807, 2.05) is 6.92 Å². The average Bonchev–Trinajstić information content (AvgIpc) is 3.11. The number of rotatable bonds is 7. The van der Waals surface area contributed by atoms with Crippen molar-refractivity contribution in [3.63, 3.8) is 0 Å². The molecule has 0 heterocycles. The van der Waals surface area contributed by atoms with Gasteiger partial charge in [-0.25, -0.2) is 0 Å². The highest BCUT2D eigenvalue weighted by Gasteiger charge is 2.59. The van der Waals surface area contributed by atoms with Crippen LogP contribution in [0.4, 0.5) is 0 Å². The first-order valence-electron chi connectivity index (χ1n) is 14.1. The lowest BCUT2D eigenvalue weighted by Crippen LogP contribution is -2.51. The molecule has 0 aromatic carbocycles. The third-order valence-corrected chi connectivity index (χ3v) is 10.8. The molecule has 4 aliphatic carbocycles. The lowest BCUT2D eigenvalue weighted by Gasteiger charge is -2.58. The summed E-state index contributed by atoms with van der Waals surface area (Å²) in [5.74, 6) is 5.28. The molecular weight excluding hydrogens is 392 g/mol. The van der Waals surface area contributed by atoms with Gasteiger partial charge in [0.2, 0.25) is 0 Å². The van der Waals surface area contributed by atoms with Crippen LogP contribution in [-0.4, -0.2) is 12.1 Å². The Bertz CT molecular complexity index is 708. The molecule has 182 valence electrons. The summed E-state index contributed by atoms with van der Waals surface area (Å²) in [6, 6.07) is 0. The van der Waals surface area contributed by atoms with Crippen LogP contribution in [-0.2, 0) is 9.53 Å². The second-order valence-corrected chi connectivity index (χ2v) is 13.0. The predicted octanol–water partition coefficient (Wildman–Crippen LogP) is 8.35. The van der Waals surface area contributed by atoms with Crippen LogP contribution in [0.1, 0.15) is 119 Å². The molecular formula is C30H50O2. The summed E-state index contributed by atoms with van der Waals surface area (Å²) in [6.45, 7) is 14.5. The van der Waals surface area contributed by atoms with Crippen LogP contribution in [0.2, 0.25) is 0 Å². The van der Waals surface area contributed by atoms with Gasteiger partial charge in [-0.2, -0.15) is 0 Å². The highest BCUT2D eigenvalue weighted by atomic mass is 16.5. The van der Waals surface area contributed by atoms with Gasteiger partial charge in [-0.15, -0.1) is 0 Å². The fourth-order valence-electron chi connectivity index (χ4n) is 9.02. The second kappa shape index (κ2) is 9.46. The maximum Gasteiger partial charge on any atom is 0.305 e. The number of carbonyl (C=O) groups is 1. The van der Waals surface area contributed by atoms with Crippen LogP contribution < -0.4 is 0 Å². The summed E-state index contributed by atoms with van der Waals surface area (Å²) in [5, 5.41) is 0. The van der Waals surface area contributed by atoms with Gasteiger partial charge in [-0.05, 0) is 91.3 Å². The Labute approximate surface area is 198 Å². The van der Waals surface area contributed by atoms with Crippen LogP contribution >= 0.6 is 0 Å². The van der Waals surface area contributed by atoms with Crippen molar-refractivity contribution >= 4 is 5.97 Å². The number of hydrogen-bond donors (Lipinski definition) is 0. The molecule has 2 heteroatoms. The average molecular weight is 443 g/mol. The minimum absolute atomic E-state index is 0.0270. The fraction of sp³-hybridized carbons (Fsp3) is 0.900. The zero-order valence-corrected chi connectivity index (χ0v) is 21.9. The molecule has 0 bridgehead atoms. The SMILES string of the molecule is CCC(=O)O[C@H]1CCC2(C)C(=CC[C@H]3C2CCC2(C)C([C@H](C)CCCC(C)C)CC[C@@H]32)C1. The number of ether oxygens (including phenoxy) is 1. The van der Waals surface area contributed by atoms with Crippen molar-refractivity contribution in [2.45, 2.75) is 125 Å². The van der Waals surface area contributed by atoms with Gasteiger partial charge in [-0.1, -0.05) is 72.5 Å². The van der Waals surface area contributed by atoms with E-state index in [2.05, 4.69) is 40.7 Å². The van der Waals surface area contributed by atoms with E-state index in [1.165, 1.54) is 57.8 Å². The smallest absolute Gasteiger partial charge is 0.305 e. The topological polar surface area (TPSA) is 26.3 Å². The monoisotopic (exact) mass is 442 g/mol. The minimum Gasteiger partial charge on any atom is -0.462 e. The van der Waals surface area contributed by atoms with E-state index in [9.17, 15) is 4.79 Å². The molecule has 0 N–H and O–H groups in total. The van der Waals surface area contributed by atoms with E-state index < -0.39 is 0 Å². The van der Waals surface area contributed by atoms with Crippen molar-refractivity contribution in [3.05, 3.63) is 11.6 Å². The quantitative estimate of drug-likeness (QED) is 0.292. The minimum atomic E-state index is -0.0270. The van der Waals surface area contributed by atoms with E-state index in [4.69, 9.17) is 4.74 Å². The maximum atomic E-state index is 11.9. The predicted molar refractivity (Wildman–Crippen MR) is 133 cm³/mol. The normalized spacial score (nSPS) is 42.0. The lowest BCUT2D eigenvalue weighted by atomic mass is 9.47. The molecule has 3 saturated carbocycles. The molecule has 32 heavy (non-hydrogen) atoms. The summed E-state index contributed by atoms with van der Waals surface area (Å²) in [6.07, 6.45) is 17.8. The van der Waals surface area contributed by atoms with Crippen molar-refractivity contribution in [2.75, 3.05) is 0 Å². The molecule has 4 unspecified atom stereocenters. The Morgan fingerprint density at radius 1 is 1.06 bits per heavy atom. The van der Waals surface area contributed by atoms with Crippen molar-refractivity contribution in [3.8, 4) is 0 Å². The molecule has 0 saturated heterocycles. The van der Waals surface area contributed by atoms with Crippen LogP contribution in [0.25, 0.3) is 0 Å². The molecule has 4 rings (SSSR count). The van der Waals surface area contributed by atoms with E-state index in [-0.39, 0.29) is 12.1 Å². The van der Waals surface area contributed by atoms with E-state index in [1.54, 1.807) is 5.57 Å². The number of allylic oxidation sites excluding steroid dienone is 1. The zero-order valence-electron chi connectivity index (χ0n) is 21.9. The van der Waals surface area contributed by atoms with E-state index >= 15 is 0 Å². The highest BCUT2D eigenvalue weighted by Crippen LogP contribution is 2.67. The first kappa shape index (κ1) is 24.3. The Morgan fingerprint density at radius 2 is 1.84 bits per heavy atom. The molecule has 0 spiro atoms. The first-order chi connectivity index (χ1) is 15.2. The molecule has 2 nitrogen and oxygen atoms in total. The largest absolute Gasteiger partial charge is 0.462 e. The molecule has 0 aliphatic heterocycles. The Hall–Kier alpha value is -0.790. The van der Waals surface area contributed by atoms with Gasteiger partial charge in [0.05, 0.1) is 0 Å². The molecule has 8 atom stereocenters. The number of hydrogen-bond acceptors (Lipinski definition) is 2. The van der Waals surface area contributed by atoms with E-state index in [0.29, 0.717) is 17.3 Å². The highest BCUT2D eigenvalue weighted by molar-refractivity contribution is 5.69. The first-order valence-corrected chi connectivity index (χ1v) is 14.1. The number of carbonyl (C=O) groups excluding carboxylic acids is 1. The van der Waals surface area contributed by atoms with Gasteiger partial charge in [0.1, 0.15) is 6.10 Å². The van der Waals surface area contributed by atoms with E-state index in [0.717, 1.165) is 48.3 Å². The van der Waals surface area contributed by atoms with Crippen molar-refractivity contribution in [1.82, 2.24) is 0 Å². The van der Waals surface area contributed by atoms with Crippen LogP contribution in [0.15, 0.2) is 11.6 Å². The molecule has 0 radical (unpaired) electrons. The Kier molecular flexibility index (Phi) is 7.19. The van der Waals surface area contributed by atoms with Crippen molar-refractivity contribution in [1.29, 1.82) is 0 Å². The Balaban J connectivity index is 1.45. The van der Waals surface area contributed by atoms with Crippen LogP contribution in [0, 0.1) is 46.3 Å². The number of esters is 1. The second-order valence-electron chi connectivity index (χ2n) is 13.0. The summed E-state index contributed by atoms with van der Waals surface area (Å²) in [5.41, 5.74) is 2.54. The Morgan fingerprint density at radius 3 is 2.56 bits per heavy atom. The summed E-state index contributed by atoms with van der Waals surface area (Å²) in [4.78, 5) is 11.9. The summed E-state index contributed by atoms with van der Waals surface area (Å²) < 4.78 is 5.76. The third kappa shape index (κ3) is 4.34. The van der Waals surface area contributed by atoms with Gasteiger partial charge in [-0.3, -0.25) is 4.79 Å². The zero-order chi connectivity index (χ0) is 23.1. The van der Waals surface area contributed by atoms with Gasteiger partial charge < -0.3 is 4.74 Å². The summed E-state index contributed by atoms with van der Waals surface area (Å²) in [7, 11) is 0.